The molecule has 0 saturated carbocycles. The Kier molecular flexibility index (Phi) is 42.9. The molecule has 0 aliphatic carbocycles. The van der Waals surface area contributed by atoms with Gasteiger partial charge >= 0.3 is 0 Å². The van der Waals surface area contributed by atoms with Crippen molar-refractivity contribution in [2.45, 2.75) is 163 Å². The third-order valence-corrected chi connectivity index (χ3v) is 6.31. The lowest BCUT2D eigenvalue weighted by molar-refractivity contribution is 0.469. The lowest BCUT2D eigenvalue weighted by Gasteiger charge is -2.05. The number of fused-ring (bicyclic) bond motifs is 1. The van der Waals surface area contributed by atoms with Crippen molar-refractivity contribution in [2.24, 2.45) is 11.3 Å². The van der Waals surface area contributed by atoms with Crippen LogP contribution in [0.15, 0.2) is 127 Å². The predicted octanol–water partition coefficient (Wildman–Crippen LogP) is 19.0. The van der Waals surface area contributed by atoms with Gasteiger partial charge in [0.25, 0.3) is 0 Å². The molecule has 0 fully saturated rings. The molecule has 0 aromatic heterocycles. The highest BCUT2D eigenvalue weighted by molar-refractivity contribution is 5.85. The second kappa shape index (κ2) is 40.5. The first kappa shape index (κ1) is 57.1. The zero-order valence-electron chi connectivity index (χ0n) is 38.9. The third kappa shape index (κ3) is 42.8. The molecular formula is C54H88. The molecule has 0 radical (unpaired) electrons. The van der Waals surface area contributed by atoms with Crippen molar-refractivity contribution >= 4 is 10.8 Å². The van der Waals surface area contributed by atoms with E-state index in [2.05, 4.69) is 214 Å². The molecule has 0 N–H and O–H groups in total. The Bertz CT molecular complexity index is 1390. The largest absolute Gasteiger partial charge is 0.0683 e. The van der Waals surface area contributed by atoms with Gasteiger partial charge in [0.2, 0.25) is 0 Å². The van der Waals surface area contributed by atoms with Crippen LogP contribution in [0.3, 0.4) is 0 Å². The minimum absolute atomic E-state index is 0.500. The van der Waals surface area contributed by atoms with Crippen molar-refractivity contribution < 1.29 is 0 Å². The standard InChI is InChI=1S/C13H12.C11H10.C7H8.2C5H12.2C4H10.C3H8.C2H6/c1-11-7-9-13(10-8-11)12-5-3-2-4-6-12;1-9-5-4-7-10-6-2-3-8-11(9)10;1-7-5-3-2-4-6-7;1-5(2,3)4;1-3-5-4-2;1-4(2)3;1-3-4-2;1-3-2;1-2/h2-10H,1H3;2-8H,1H3;2-6H,1H3;1-4H3;3-5H2,1-2H3;4H,1-3H3;3-4H2,1-2H3;3H2,1-2H3;1-2H3. The van der Waals surface area contributed by atoms with Gasteiger partial charge in [0.1, 0.15) is 0 Å². The fraction of sp³-hybridized carbons (Fsp3) is 0.481. The summed E-state index contributed by atoms with van der Waals surface area (Å²) in [6.07, 6.45) is 7.97. The van der Waals surface area contributed by atoms with Gasteiger partial charge in [-0.2, -0.15) is 0 Å². The summed E-state index contributed by atoms with van der Waals surface area (Å²) in [7, 11) is 0. The van der Waals surface area contributed by atoms with E-state index in [-0.39, 0.29) is 0 Å². The number of hydrogen-bond donors (Lipinski definition) is 0. The molecule has 5 aromatic carbocycles. The first-order valence-electron chi connectivity index (χ1n) is 21.2. The van der Waals surface area contributed by atoms with Crippen molar-refractivity contribution in [3.63, 3.8) is 0 Å². The van der Waals surface area contributed by atoms with Crippen molar-refractivity contribution in [2.75, 3.05) is 0 Å². The van der Waals surface area contributed by atoms with Gasteiger partial charge in [0.15, 0.2) is 0 Å². The molecule has 0 saturated heterocycles. The summed E-state index contributed by atoms with van der Waals surface area (Å²) in [6, 6.07) is 44.1. The van der Waals surface area contributed by atoms with E-state index in [1.807, 2.05) is 38.1 Å². The highest BCUT2D eigenvalue weighted by Gasteiger charge is 1.96. The smallest absolute Gasteiger partial charge is 0.0155 e. The van der Waals surface area contributed by atoms with Crippen LogP contribution in [0.1, 0.15) is 159 Å². The van der Waals surface area contributed by atoms with E-state index >= 15 is 0 Å². The van der Waals surface area contributed by atoms with Crippen LogP contribution < -0.4 is 0 Å². The monoisotopic (exact) mass is 737 g/mol. The molecule has 0 heteroatoms. The predicted molar refractivity (Wildman–Crippen MR) is 255 cm³/mol. The topological polar surface area (TPSA) is 0 Å². The van der Waals surface area contributed by atoms with Crippen molar-refractivity contribution in [3.05, 3.63) is 144 Å². The van der Waals surface area contributed by atoms with Gasteiger partial charge in [0.05, 0.1) is 0 Å². The van der Waals surface area contributed by atoms with Crippen LogP contribution in [0.25, 0.3) is 21.9 Å². The van der Waals surface area contributed by atoms with E-state index in [4.69, 9.17) is 0 Å². The Balaban J connectivity index is -0.000000278. The molecule has 0 heterocycles. The second-order valence-corrected chi connectivity index (χ2v) is 15.5. The highest BCUT2D eigenvalue weighted by Crippen LogP contribution is 2.19. The Morgan fingerprint density at radius 3 is 1.09 bits per heavy atom. The number of rotatable bonds is 4. The SMILES string of the molecule is CC.CC(C)(C)C.CC(C)C.CCC.CCCC.CCCCC.Cc1ccc(-c2ccccc2)cc1.Cc1cccc2ccccc12.Cc1ccccc1. The summed E-state index contributed by atoms with van der Waals surface area (Å²) in [5.41, 5.74) is 7.04. The van der Waals surface area contributed by atoms with Crippen LogP contribution in [0, 0.1) is 32.1 Å². The number of hydrogen-bond acceptors (Lipinski definition) is 0. The third-order valence-electron chi connectivity index (χ3n) is 6.31. The molecule has 5 rings (SSSR count). The molecule has 54 heavy (non-hydrogen) atoms. The first-order valence-corrected chi connectivity index (χ1v) is 21.2. The summed E-state index contributed by atoms with van der Waals surface area (Å²) < 4.78 is 0. The maximum absolute atomic E-state index is 2.21. The number of unbranched alkanes of at least 4 members (excludes halogenated alkanes) is 3. The van der Waals surface area contributed by atoms with Gasteiger partial charge in [-0.05, 0) is 59.6 Å². The molecule has 0 spiro atoms. The summed E-state index contributed by atoms with van der Waals surface area (Å²) in [6.45, 7) is 38.6. The van der Waals surface area contributed by atoms with E-state index in [9.17, 15) is 0 Å². The van der Waals surface area contributed by atoms with Crippen molar-refractivity contribution in [1.29, 1.82) is 0 Å². The molecular weight excluding hydrogens is 649 g/mol. The van der Waals surface area contributed by atoms with Gasteiger partial charge in [-0.15, -0.1) is 0 Å². The summed E-state index contributed by atoms with van der Waals surface area (Å²) in [5, 5.41) is 2.68. The van der Waals surface area contributed by atoms with Crippen LogP contribution in [-0.4, -0.2) is 0 Å². The summed E-state index contributed by atoms with van der Waals surface area (Å²) >= 11 is 0. The molecule has 0 unspecified atom stereocenters. The van der Waals surface area contributed by atoms with E-state index in [0.717, 1.165) is 5.92 Å². The fourth-order valence-corrected chi connectivity index (χ4v) is 3.65. The van der Waals surface area contributed by atoms with Crippen LogP contribution in [-0.2, 0) is 0 Å². The molecule has 0 amide bonds. The Morgan fingerprint density at radius 2 is 0.759 bits per heavy atom. The minimum atomic E-state index is 0.500. The van der Waals surface area contributed by atoms with E-state index in [1.165, 1.54) is 77.1 Å². The molecule has 0 aliphatic heterocycles. The second-order valence-electron chi connectivity index (χ2n) is 15.5. The zero-order chi connectivity index (χ0) is 42.2. The number of benzene rings is 5. The minimum Gasteiger partial charge on any atom is -0.0683 e. The molecule has 0 nitrogen and oxygen atoms in total. The lowest BCUT2D eigenvalue weighted by Crippen LogP contribution is -1.93. The van der Waals surface area contributed by atoms with Crippen molar-refractivity contribution in [3.8, 4) is 11.1 Å². The Morgan fingerprint density at radius 1 is 0.426 bits per heavy atom. The molecule has 0 bridgehead atoms. The molecule has 0 atom stereocenters. The quantitative estimate of drug-likeness (QED) is 0.172. The molecule has 5 aromatic rings. The van der Waals surface area contributed by atoms with E-state index in [0.29, 0.717) is 5.41 Å². The maximum atomic E-state index is 2.21. The Hall–Kier alpha value is -3.64. The average Bonchev–Trinajstić information content (AvgIpc) is 3.14. The van der Waals surface area contributed by atoms with Gasteiger partial charge in [0, 0.05) is 0 Å². The zero-order valence-corrected chi connectivity index (χ0v) is 38.9. The van der Waals surface area contributed by atoms with Crippen LogP contribution in [0.2, 0.25) is 0 Å². The normalized spacial score (nSPS) is 9.17. The molecule has 0 aliphatic rings. The van der Waals surface area contributed by atoms with Crippen LogP contribution >= 0.6 is 0 Å². The lowest BCUT2D eigenvalue weighted by atomic mass is 10.0. The van der Waals surface area contributed by atoms with E-state index in [1.54, 1.807) is 0 Å². The highest BCUT2D eigenvalue weighted by atomic mass is 14.0. The fourth-order valence-electron chi connectivity index (χ4n) is 3.65. The van der Waals surface area contributed by atoms with E-state index < -0.39 is 0 Å². The van der Waals surface area contributed by atoms with Gasteiger partial charge < -0.3 is 0 Å². The average molecular weight is 737 g/mol. The Labute approximate surface area is 339 Å². The van der Waals surface area contributed by atoms with Crippen molar-refractivity contribution in [1.82, 2.24) is 0 Å². The van der Waals surface area contributed by atoms with Gasteiger partial charge in [-0.1, -0.05) is 281 Å². The van der Waals surface area contributed by atoms with Crippen LogP contribution in [0.4, 0.5) is 0 Å². The van der Waals surface area contributed by atoms with Gasteiger partial charge in [-0.3, -0.25) is 0 Å². The molecule has 304 valence electrons. The van der Waals surface area contributed by atoms with Gasteiger partial charge in [-0.25, -0.2) is 0 Å². The summed E-state index contributed by atoms with van der Waals surface area (Å²) in [4.78, 5) is 0. The maximum Gasteiger partial charge on any atom is -0.0155 e. The summed E-state index contributed by atoms with van der Waals surface area (Å²) in [5.74, 6) is 0.833. The van der Waals surface area contributed by atoms with Crippen LogP contribution in [0.5, 0.6) is 0 Å². The number of aryl methyl sites for hydroxylation is 3. The first-order chi connectivity index (χ1) is 25.6.